The Hall–Kier alpha value is -0.570. The van der Waals surface area contributed by atoms with E-state index in [4.69, 9.17) is 16.3 Å². The largest absolute Gasteiger partial charge is 0.379 e. The molecule has 2 saturated heterocycles. The zero-order valence-corrected chi connectivity index (χ0v) is 19.8. The molecule has 4 rings (SSSR count). The summed E-state index contributed by atoms with van der Waals surface area (Å²) in [7, 11) is 1.90. The van der Waals surface area contributed by atoms with Gasteiger partial charge in [-0.15, -0.1) is 24.0 Å². The van der Waals surface area contributed by atoms with Crippen molar-refractivity contribution in [2.24, 2.45) is 10.9 Å². The van der Waals surface area contributed by atoms with Gasteiger partial charge < -0.3 is 15.0 Å². The zero-order valence-electron chi connectivity index (χ0n) is 16.7. The summed E-state index contributed by atoms with van der Waals surface area (Å²) in [4.78, 5) is 9.54. The molecule has 28 heavy (non-hydrogen) atoms. The van der Waals surface area contributed by atoms with Gasteiger partial charge in [0.15, 0.2) is 5.96 Å². The molecule has 2 aliphatic heterocycles. The summed E-state index contributed by atoms with van der Waals surface area (Å²) in [6, 6.07) is 8.33. The van der Waals surface area contributed by atoms with Crippen molar-refractivity contribution in [2.45, 2.75) is 24.7 Å². The van der Waals surface area contributed by atoms with Gasteiger partial charge in [-0.1, -0.05) is 23.7 Å². The van der Waals surface area contributed by atoms with Crippen molar-refractivity contribution in [3.8, 4) is 0 Å². The summed E-state index contributed by atoms with van der Waals surface area (Å²) in [5.74, 6) is 1.78. The van der Waals surface area contributed by atoms with Gasteiger partial charge in [0.25, 0.3) is 0 Å². The van der Waals surface area contributed by atoms with E-state index >= 15 is 0 Å². The Kier molecular flexibility index (Phi) is 7.87. The van der Waals surface area contributed by atoms with E-state index in [9.17, 15) is 0 Å². The molecule has 1 unspecified atom stereocenters. The van der Waals surface area contributed by atoms with E-state index < -0.39 is 0 Å². The number of ether oxygens (including phenoxy) is 1. The summed E-state index contributed by atoms with van der Waals surface area (Å²) in [6.07, 6.45) is 3.69. The van der Waals surface area contributed by atoms with E-state index in [1.807, 2.05) is 13.1 Å². The summed E-state index contributed by atoms with van der Waals surface area (Å²) < 4.78 is 5.46. The van der Waals surface area contributed by atoms with Crippen LogP contribution in [0.5, 0.6) is 0 Å². The number of morpholine rings is 1. The van der Waals surface area contributed by atoms with Crippen molar-refractivity contribution in [1.29, 1.82) is 0 Å². The fourth-order valence-electron chi connectivity index (χ4n) is 4.44. The number of hydrogen-bond acceptors (Lipinski definition) is 3. The van der Waals surface area contributed by atoms with Crippen molar-refractivity contribution >= 4 is 41.5 Å². The number of benzene rings is 1. The molecular formula is C21H32ClIN4O. The first-order valence-electron chi connectivity index (χ1n) is 10.2. The Bertz CT molecular complexity index is 676. The number of nitrogens with zero attached hydrogens (tertiary/aromatic N) is 3. The third-order valence-corrected chi connectivity index (χ3v) is 6.53. The second-order valence-corrected chi connectivity index (χ2v) is 8.64. The van der Waals surface area contributed by atoms with Crippen molar-refractivity contribution in [1.82, 2.24) is 15.1 Å². The quantitative estimate of drug-likeness (QED) is 0.369. The van der Waals surface area contributed by atoms with E-state index in [-0.39, 0.29) is 29.4 Å². The molecule has 0 spiro atoms. The number of nitrogens with one attached hydrogen (secondary N) is 1. The second-order valence-electron chi connectivity index (χ2n) is 8.21. The first-order chi connectivity index (χ1) is 13.2. The molecule has 1 aliphatic carbocycles. The van der Waals surface area contributed by atoms with Crippen LogP contribution >= 0.6 is 35.6 Å². The molecule has 1 aromatic carbocycles. The van der Waals surface area contributed by atoms with Crippen LogP contribution in [0.1, 0.15) is 24.8 Å². The average molecular weight is 519 g/mol. The number of rotatable bonds is 5. The number of guanidine groups is 1. The van der Waals surface area contributed by atoms with Gasteiger partial charge in [0.1, 0.15) is 0 Å². The van der Waals surface area contributed by atoms with Gasteiger partial charge in [-0.05, 0) is 42.9 Å². The minimum absolute atomic E-state index is 0. The van der Waals surface area contributed by atoms with Gasteiger partial charge in [-0.2, -0.15) is 0 Å². The molecule has 156 valence electrons. The van der Waals surface area contributed by atoms with Crippen LogP contribution in [0.25, 0.3) is 0 Å². The number of hydrogen-bond donors (Lipinski definition) is 1. The van der Waals surface area contributed by atoms with Crippen molar-refractivity contribution in [3.63, 3.8) is 0 Å². The van der Waals surface area contributed by atoms with E-state index in [1.165, 1.54) is 31.4 Å². The van der Waals surface area contributed by atoms with Gasteiger partial charge in [0.2, 0.25) is 0 Å². The number of halogens is 2. The summed E-state index contributed by atoms with van der Waals surface area (Å²) in [6.45, 7) is 8.22. The average Bonchev–Trinajstić information content (AvgIpc) is 3.35. The summed E-state index contributed by atoms with van der Waals surface area (Å²) >= 11 is 6.20. The molecule has 0 bridgehead atoms. The lowest BCUT2D eigenvalue weighted by molar-refractivity contribution is 0.0315. The van der Waals surface area contributed by atoms with E-state index in [1.54, 1.807) is 0 Å². The van der Waals surface area contributed by atoms with Crippen molar-refractivity contribution in [2.75, 3.05) is 59.5 Å². The molecule has 1 atom stereocenters. The Balaban J connectivity index is 0.00000225. The van der Waals surface area contributed by atoms with Crippen LogP contribution in [0.4, 0.5) is 0 Å². The maximum absolute atomic E-state index is 6.20. The fraction of sp³-hybridized carbons (Fsp3) is 0.667. The second kappa shape index (κ2) is 9.96. The monoisotopic (exact) mass is 518 g/mol. The van der Waals surface area contributed by atoms with Crippen LogP contribution in [0.15, 0.2) is 29.3 Å². The maximum Gasteiger partial charge on any atom is 0.193 e. The van der Waals surface area contributed by atoms with E-state index in [0.717, 1.165) is 62.8 Å². The molecule has 2 heterocycles. The number of likely N-dealkylation sites (tertiary alicyclic amines) is 1. The highest BCUT2D eigenvalue weighted by molar-refractivity contribution is 14.0. The number of aliphatic imine (C=N–C) groups is 1. The fourth-order valence-corrected chi connectivity index (χ4v) is 4.63. The van der Waals surface area contributed by atoms with Crippen LogP contribution < -0.4 is 5.32 Å². The third-order valence-electron chi connectivity index (χ3n) is 6.29. The predicted octanol–water partition coefficient (Wildman–Crippen LogP) is 3.22. The van der Waals surface area contributed by atoms with Crippen LogP contribution in [0.3, 0.4) is 0 Å². The van der Waals surface area contributed by atoms with Gasteiger partial charge in [-0.3, -0.25) is 9.89 Å². The minimum Gasteiger partial charge on any atom is -0.379 e. The van der Waals surface area contributed by atoms with Crippen molar-refractivity contribution in [3.05, 3.63) is 34.9 Å². The maximum atomic E-state index is 6.20. The van der Waals surface area contributed by atoms with Gasteiger partial charge in [0, 0.05) is 56.8 Å². The molecule has 0 aromatic heterocycles. The highest BCUT2D eigenvalue weighted by atomic mass is 127. The molecule has 1 saturated carbocycles. The summed E-state index contributed by atoms with van der Waals surface area (Å²) in [5, 5.41) is 4.48. The molecule has 5 nitrogen and oxygen atoms in total. The molecule has 1 N–H and O–H groups in total. The molecular weight excluding hydrogens is 487 g/mol. The molecule has 3 aliphatic rings. The van der Waals surface area contributed by atoms with Crippen molar-refractivity contribution < 1.29 is 4.74 Å². The van der Waals surface area contributed by atoms with Crippen LogP contribution in [0, 0.1) is 5.92 Å². The van der Waals surface area contributed by atoms with E-state index in [0.29, 0.717) is 0 Å². The predicted molar refractivity (Wildman–Crippen MR) is 126 cm³/mol. The van der Waals surface area contributed by atoms with Crippen LogP contribution in [-0.4, -0.2) is 75.3 Å². The lowest BCUT2D eigenvalue weighted by Gasteiger charge is -2.29. The van der Waals surface area contributed by atoms with Gasteiger partial charge in [-0.25, -0.2) is 0 Å². The standard InChI is InChI=1S/C21H31ClN4O.HI/c1-23-20(24-16-21(6-7-21)18-3-2-4-19(22)13-18)26-8-5-17(15-26)14-25-9-11-27-12-10-25;/h2-4,13,17H,5-12,14-16H2,1H3,(H,23,24);1H. The first kappa shape index (κ1) is 22.1. The Morgan fingerprint density at radius 2 is 2.07 bits per heavy atom. The molecule has 0 amide bonds. The Morgan fingerprint density at radius 3 is 2.75 bits per heavy atom. The summed E-state index contributed by atoms with van der Waals surface area (Å²) in [5.41, 5.74) is 1.58. The smallest absolute Gasteiger partial charge is 0.193 e. The highest BCUT2D eigenvalue weighted by Gasteiger charge is 2.44. The lowest BCUT2D eigenvalue weighted by atomic mass is 9.96. The Morgan fingerprint density at radius 1 is 1.29 bits per heavy atom. The molecule has 3 fully saturated rings. The minimum atomic E-state index is 0. The zero-order chi connectivity index (χ0) is 18.7. The third kappa shape index (κ3) is 5.32. The molecule has 0 radical (unpaired) electrons. The van der Waals surface area contributed by atoms with E-state index in [2.05, 4.69) is 38.3 Å². The lowest BCUT2D eigenvalue weighted by Crippen LogP contribution is -2.44. The first-order valence-corrected chi connectivity index (χ1v) is 10.6. The highest BCUT2D eigenvalue weighted by Crippen LogP contribution is 2.48. The Labute approximate surface area is 190 Å². The SMILES string of the molecule is CN=C(NCC1(c2cccc(Cl)c2)CC1)N1CCC(CN2CCOCC2)C1.I. The normalized spacial score (nSPS) is 24.7. The van der Waals surface area contributed by atoms with Crippen LogP contribution in [-0.2, 0) is 10.2 Å². The van der Waals surface area contributed by atoms with Crippen LogP contribution in [0.2, 0.25) is 5.02 Å². The molecule has 7 heteroatoms. The van der Waals surface area contributed by atoms with Gasteiger partial charge >= 0.3 is 0 Å². The van der Waals surface area contributed by atoms with Gasteiger partial charge in [0.05, 0.1) is 13.2 Å². The topological polar surface area (TPSA) is 40.1 Å². The molecule has 1 aromatic rings.